The van der Waals surface area contributed by atoms with Crippen molar-refractivity contribution >= 4 is 22.5 Å². The highest BCUT2D eigenvalue weighted by Crippen LogP contribution is 2.36. The number of hydrogen-bond donors (Lipinski definition) is 2. The van der Waals surface area contributed by atoms with Crippen molar-refractivity contribution in [2.45, 2.75) is 45.4 Å². The highest BCUT2D eigenvalue weighted by Gasteiger charge is 2.16. The predicted molar refractivity (Wildman–Crippen MR) is 109 cm³/mol. The van der Waals surface area contributed by atoms with Crippen molar-refractivity contribution < 1.29 is 4.39 Å². The van der Waals surface area contributed by atoms with Crippen LogP contribution in [0.1, 0.15) is 43.7 Å². The Kier molecular flexibility index (Phi) is 6.33. The fourth-order valence-corrected chi connectivity index (χ4v) is 3.72. The van der Waals surface area contributed by atoms with Gasteiger partial charge in [-0.1, -0.05) is 31.0 Å². The lowest BCUT2D eigenvalue weighted by atomic mass is 9.98. The number of rotatable bonds is 8. The summed E-state index contributed by atoms with van der Waals surface area (Å²) in [6, 6.07) is 11.2. The summed E-state index contributed by atoms with van der Waals surface area (Å²) >= 11 is 6.34. The number of aromatic nitrogens is 1. The molecule has 0 spiro atoms. The molecule has 0 unspecified atom stereocenters. The predicted octanol–water partition coefficient (Wildman–Crippen LogP) is 6.25. The second kappa shape index (κ2) is 8.70. The third-order valence-electron chi connectivity index (χ3n) is 4.87. The fourth-order valence-electron chi connectivity index (χ4n) is 3.46. The lowest BCUT2D eigenvalue weighted by Gasteiger charge is -2.08. The largest absolute Gasteiger partial charge is 0.354 e. The SMILES string of the molecule is CCCCc1ccc2[nH]c(-c3ccc(F)cc3Cl)c(CCCCN)c2c1. The molecule has 2 nitrogen and oxygen atoms in total. The summed E-state index contributed by atoms with van der Waals surface area (Å²) in [6.07, 6.45) is 6.40. The van der Waals surface area contributed by atoms with Crippen LogP contribution in [0.5, 0.6) is 0 Å². The van der Waals surface area contributed by atoms with E-state index in [2.05, 4.69) is 30.1 Å². The minimum absolute atomic E-state index is 0.318. The van der Waals surface area contributed by atoms with Gasteiger partial charge in [-0.15, -0.1) is 0 Å². The molecule has 138 valence electrons. The van der Waals surface area contributed by atoms with E-state index in [4.69, 9.17) is 17.3 Å². The second-order valence-corrected chi connectivity index (χ2v) is 7.24. The average molecular weight is 373 g/mol. The molecule has 3 rings (SSSR count). The Bertz CT molecular complexity index is 885. The Balaban J connectivity index is 2.09. The van der Waals surface area contributed by atoms with Gasteiger partial charge in [-0.05, 0) is 80.1 Å². The van der Waals surface area contributed by atoms with Crippen LogP contribution in [0.4, 0.5) is 4.39 Å². The topological polar surface area (TPSA) is 41.8 Å². The summed E-state index contributed by atoms with van der Waals surface area (Å²) in [6.45, 7) is 2.90. The molecule has 0 aliphatic heterocycles. The van der Waals surface area contributed by atoms with Gasteiger partial charge in [-0.2, -0.15) is 0 Å². The van der Waals surface area contributed by atoms with E-state index in [9.17, 15) is 4.39 Å². The summed E-state index contributed by atoms with van der Waals surface area (Å²) in [4.78, 5) is 3.51. The van der Waals surface area contributed by atoms with E-state index in [-0.39, 0.29) is 5.82 Å². The average Bonchev–Trinajstić information content (AvgIpc) is 2.98. The van der Waals surface area contributed by atoms with Crippen LogP contribution >= 0.6 is 11.6 Å². The van der Waals surface area contributed by atoms with Gasteiger partial charge in [0.1, 0.15) is 5.82 Å². The van der Waals surface area contributed by atoms with Crippen LogP contribution in [0.25, 0.3) is 22.2 Å². The minimum atomic E-state index is -0.318. The van der Waals surface area contributed by atoms with Gasteiger partial charge < -0.3 is 10.7 Å². The summed E-state index contributed by atoms with van der Waals surface area (Å²) in [5.74, 6) is -0.318. The van der Waals surface area contributed by atoms with Gasteiger partial charge in [0.2, 0.25) is 0 Å². The van der Waals surface area contributed by atoms with Crippen LogP contribution in [-0.4, -0.2) is 11.5 Å². The Labute approximate surface area is 159 Å². The smallest absolute Gasteiger partial charge is 0.124 e. The lowest BCUT2D eigenvalue weighted by Crippen LogP contribution is -1.99. The highest BCUT2D eigenvalue weighted by molar-refractivity contribution is 6.33. The van der Waals surface area contributed by atoms with E-state index in [0.717, 1.165) is 42.5 Å². The van der Waals surface area contributed by atoms with Gasteiger partial charge in [-0.3, -0.25) is 0 Å². The number of fused-ring (bicyclic) bond motifs is 1. The summed E-state index contributed by atoms with van der Waals surface area (Å²) in [5.41, 5.74) is 11.2. The van der Waals surface area contributed by atoms with Gasteiger partial charge in [0.15, 0.2) is 0 Å². The van der Waals surface area contributed by atoms with Crippen molar-refractivity contribution in [3.63, 3.8) is 0 Å². The van der Waals surface area contributed by atoms with Crippen molar-refractivity contribution in [2.75, 3.05) is 6.54 Å². The maximum Gasteiger partial charge on any atom is 0.124 e. The Morgan fingerprint density at radius 3 is 2.62 bits per heavy atom. The van der Waals surface area contributed by atoms with Gasteiger partial charge in [0, 0.05) is 16.5 Å². The number of hydrogen-bond acceptors (Lipinski definition) is 1. The Morgan fingerprint density at radius 1 is 1.04 bits per heavy atom. The molecule has 3 N–H and O–H groups in total. The monoisotopic (exact) mass is 372 g/mol. The maximum atomic E-state index is 13.5. The van der Waals surface area contributed by atoms with E-state index < -0.39 is 0 Å². The van der Waals surface area contributed by atoms with Crippen LogP contribution < -0.4 is 5.73 Å². The summed E-state index contributed by atoms with van der Waals surface area (Å²) < 4.78 is 13.5. The molecule has 0 saturated carbocycles. The zero-order chi connectivity index (χ0) is 18.5. The van der Waals surface area contributed by atoms with Crippen molar-refractivity contribution in [2.24, 2.45) is 5.73 Å². The summed E-state index contributed by atoms with van der Waals surface area (Å²) in [7, 11) is 0. The molecular weight excluding hydrogens is 347 g/mol. The van der Waals surface area contributed by atoms with Crippen LogP contribution in [0.15, 0.2) is 36.4 Å². The first-order valence-corrected chi connectivity index (χ1v) is 9.80. The standard InChI is InChI=1S/C22H26ClFN2/c1-2-3-6-15-8-11-21-19(13-15)17(7-4-5-12-25)22(26-21)18-10-9-16(24)14-20(18)23/h8-11,13-14,26H,2-7,12,25H2,1H3. The molecule has 0 saturated heterocycles. The molecule has 2 aromatic carbocycles. The quantitative estimate of drug-likeness (QED) is 0.451. The first-order valence-electron chi connectivity index (χ1n) is 9.43. The third-order valence-corrected chi connectivity index (χ3v) is 5.18. The van der Waals surface area contributed by atoms with E-state index >= 15 is 0 Å². The minimum Gasteiger partial charge on any atom is -0.354 e. The number of benzene rings is 2. The van der Waals surface area contributed by atoms with Crippen molar-refractivity contribution in [1.82, 2.24) is 4.98 Å². The number of unbranched alkanes of at least 4 members (excludes halogenated alkanes) is 2. The maximum absolute atomic E-state index is 13.5. The molecular formula is C22H26ClFN2. The van der Waals surface area contributed by atoms with E-state index in [1.165, 1.54) is 41.5 Å². The molecule has 0 aliphatic carbocycles. The molecule has 0 bridgehead atoms. The van der Waals surface area contributed by atoms with Gasteiger partial charge in [-0.25, -0.2) is 4.39 Å². The molecule has 0 aliphatic rings. The zero-order valence-electron chi connectivity index (χ0n) is 15.2. The molecule has 3 aromatic rings. The van der Waals surface area contributed by atoms with E-state index in [1.807, 2.05) is 0 Å². The number of nitrogens with two attached hydrogens (primary N) is 1. The van der Waals surface area contributed by atoms with Crippen molar-refractivity contribution in [3.8, 4) is 11.3 Å². The molecule has 0 atom stereocenters. The molecule has 0 radical (unpaired) electrons. The van der Waals surface area contributed by atoms with Crippen molar-refractivity contribution in [1.29, 1.82) is 0 Å². The van der Waals surface area contributed by atoms with Gasteiger partial charge >= 0.3 is 0 Å². The highest BCUT2D eigenvalue weighted by atomic mass is 35.5. The molecule has 1 heterocycles. The first kappa shape index (κ1) is 18.9. The summed E-state index contributed by atoms with van der Waals surface area (Å²) in [5, 5.41) is 1.67. The van der Waals surface area contributed by atoms with Crippen LogP contribution in [0.2, 0.25) is 5.02 Å². The third kappa shape index (κ3) is 4.11. The molecule has 0 fully saturated rings. The normalized spacial score (nSPS) is 11.4. The zero-order valence-corrected chi connectivity index (χ0v) is 16.0. The molecule has 4 heteroatoms. The van der Waals surface area contributed by atoms with Crippen LogP contribution in [-0.2, 0) is 12.8 Å². The Morgan fingerprint density at radius 2 is 1.88 bits per heavy atom. The molecule has 1 aromatic heterocycles. The molecule has 26 heavy (non-hydrogen) atoms. The second-order valence-electron chi connectivity index (χ2n) is 6.83. The van der Waals surface area contributed by atoms with E-state index in [0.29, 0.717) is 11.6 Å². The Hall–Kier alpha value is -1.84. The van der Waals surface area contributed by atoms with Crippen LogP contribution in [0, 0.1) is 5.82 Å². The first-order chi connectivity index (χ1) is 12.6. The number of H-pyrrole nitrogens is 1. The van der Waals surface area contributed by atoms with Gasteiger partial charge in [0.05, 0.1) is 10.7 Å². The number of nitrogens with one attached hydrogen (secondary N) is 1. The van der Waals surface area contributed by atoms with Crippen LogP contribution in [0.3, 0.4) is 0 Å². The van der Waals surface area contributed by atoms with Crippen molar-refractivity contribution in [3.05, 3.63) is 58.4 Å². The lowest BCUT2D eigenvalue weighted by molar-refractivity contribution is 0.628. The number of aromatic amines is 1. The fraction of sp³-hybridized carbons (Fsp3) is 0.364. The number of aryl methyl sites for hydroxylation is 2. The molecule has 0 amide bonds. The van der Waals surface area contributed by atoms with E-state index in [1.54, 1.807) is 6.07 Å². The number of halogens is 2. The van der Waals surface area contributed by atoms with Gasteiger partial charge in [0.25, 0.3) is 0 Å².